The van der Waals surface area contributed by atoms with Crippen molar-refractivity contribution in [3.63, 3.8) is 0 Å². The third-order valence-electron chi connectivity index (χ3n) is 2.73. The summed E-state index contributed by atoms with van der Waals surface area (Å²) in [6.45, 7) is 2.28. The van der Waals surface area contributed by atoms with Crippen molar-refractivity contribution in [2.45, 2.75) is 50.7 Å². The molecule has 14 heavy (non-hydrogen) atoms. The van der Waals surface area contributed by atoms with Crippen LogP contribution < -0.4 is 11.1 Å². The molecule has 0 spiro atoms. The number of hydrogen-bond donors (Lipinski definition) is 3. The van der Waals surface area contributed by atoms with E-state index < -0.39 is 5.60 Å². The molecule has 0 radical (unpaired) electrons. The zero-order chi connectivity index (χ0) is 10.6. The highest BCUT2D eigenvalue weighted by atomic mass is 16.3. The van der Waals surface area contributed by atoms with E-state index in [2.05, 4.69) is 5.32 Å². The van der Waals surface area contributed by atoms with Crippen LogP contribution in [0.15, 0.2) is 0 Å². The van der Waals surface area contributed by atoms with Gasteiger partial charge < -0.3 is 16.2 Å². The molecule has 0 bridgehead atoms. The van der Waals surface area contributed by atoms with Gasteiger partial charge in [0.1, 0.15) is 0 Å². The van der Waals surface area contributed by atoms with E-state index in [-0.39, 0.29) is 11.9 Å². The van der Waals surface area contributed by atoms with Crippen LogP contribution in [0.5, 0.6) is 0 Å². The van der Waals surface area contributed by atoms with Crippen molar-refractivity contribution < 1.29 is 9.90 Å². The first-order chi connectivity index (χ1) is 6.52. The van der Waals surface area contributed by atoms with Gasteiger partial charge in [-0.2, -0.15) is 0 Å². The number of amides is 1. The van der Waals surface area contributed by atoms with Crippen LogP contribution in [0.2, 0.25) is 0 Å². The summed E-state index contributed by atoms with van der Waals surface area (Å²) in [5, 5.41) is 12.4. The van der Waals surface area contributed by atoms with Gasteiger partial charge in [0.05, 0.1) is 5.60 Å². The fourth-order valence-electron chi connectivity index (χ4n) is 1.47. The minimum atomic E-state index is -0.621. The Hall–Kier alpha value is -0.610. The maximum Gasteiger partial charge on any atom is 0.220 e. The fraction of sp³-hybridized carbons (Fsp3) is 0.900. The maximum atomic E-state index is 11.3. The Morgan fingerprint density at radius 1 is 1.64 bits per heavy atom. The van der Waals surface area contributed by atoms with Crippen molar-refractivity contribution in [2.75, 3.05) is 6.54 Å². The molecule has 0 aromatic rings. The molecule has 0 aromatic heterocycles. The molecule has 82 valence electrons. The molecule has 1 amide bonds. The molecule has 1 fully saturated rings. The second-order valence-corrected chi connectivity index (χ2v) is 4.37. The SMILES string of the molecule is CC(N)CCC(=O)NCC1(O)CCC1. The van der Waals surface area contributed by atoms with Gasteiger partial charge in [0.25, 0.3) is 0 Å². The molecule has 0 heterocycles. The Morgan fingerprint density at radius 3 is 2.71 bits per heavy atom. The first-order valence-corrected chi connectivity index (χ1v) is 5.26. The number of rotatable bonds is 5. The highest BCUT2D eigenvalue weighted by Gasteiger charge is 2.34. The van der Waals surface area contributed by atoms with E-state index in [0.717, 1.165) is 19.3 Å². The molecule has 1 aliphatic carbocycles. The number of nitrogens with one attached hydrogen (secondary N) is 1. The summed E-state index contributed by atoms with van der Waals surface area (Å²) >= 11 is 0. The third-order valence-corrected chi connectivity index (χ3v) is 2.73. The van der Waals surface area contributed by atoms with E-state index in [4.69, 9.17) is 5.73 Å². The molecule has 0 aliphatic heterocycles. The minimum absolute atomic E-state index is 0.0115. The molecule has 1 rings (SSSR count). The van der Waals surface area contributed by atoms with Gasteiger partial charge in [-0.05, 0) is 32.6 Å². The molecule has 0 saturated heterocycles. The lowest BCUT2D eigenvalue weighted by atomic mass is 9.80. The first-order valence-electron chi connectivity index (χ1n) is 5.26. The van der Waals surface area contributed by atoms with Gasteiger partial charge in [-0.3, -0.25) is 4.79 Å². The van der Waals surface area contributed by atoms with Crippen LogP contribution in [0.1, 0.15) is 39.0 Å². The summed E-state index contributed by atoms with van der Waals surface area (Å²) in [6.07, 6.45) is 3.82. The van der Waals surface area contributed by atoms with Gasteiger partial charge in [0.2, 0.25) is 5.91 Å². The lowest BCUT2D eigenvalue weighted by molar-refractivity contribution is -0.123. The van der Waals surface area contributed by atoms with Gasteiger partial charge in [-0.1, -0.05) is 0 Å². The molecular weight excluding hydrogens is 180 g/mol. The summed E-state index contributed by atoms with van der Waals surface area (Å²) in [7, 11) is 0. The predicted octanol–water partition coefficient (Wildman–Crippen LogP) is 0.145. The quantitative estimate of drug-likeness (QED) is 0.591. The molecule has 1 unspecified atom stereocenters. The van der Waals surface area contributed by atoms with E-state index in [0.29, 0.717) is 19.4 Å². The fourth-order valence-corrected chi connectivity index (χ4v) is 1.47. The summed E-state index contributed by atoms with van der Waals surface area (Å²) in [4.78, 5) is 11.3. The van der Waals surface area contributed by atoms with Crippen LogP contribution in [-0.2, 0) is 4.79 Å². The summed E-state index contributed by atoms with van der Waals surface area (Å²) in [6, 6.07) is 0.0625. The van der Waals surface area contributed by atoms with E-state index >= 15 is 0 Å². The van der Waals surface area contributed by atoms with Crippen molar-refractivity contribution in [1.29, 1.82) is 0 Å². The monoisotopic (exact) mass is 200 g/mol. The summed E-state index contributed by atoms with van der Waals surface area (Å²) in [5.74, 6) is -0.0115. The van der Waals surface area contributed by atoms with Gasteiger partial charge in [-0.25, -0.2) is 0 Å². The predicted molar refractivity (Wildman–Crippen MR) is 54.7 cm³/mol. The standard InChI is InChI=1S/C10H20N2O2/c1-8(11)3-4-9(13)12-7-10(14)5-2-6-10/h8,14H,2-7,11H2,1H3,(H,12,13). The van der Waals surface area contributed by atoms with Crippen molar-refractivity contribution in [3.05, 3.63) is 0 Å². The average molecular weight is 200 g/mol. The zero-order valence-electron chi connectivity index (χ0n) is 8.75. The van der Waals surface area contributed by atoms with Crippen LogP contribution in [0.3, 0.4) is 0 Å². The van der Waals surface area contributed by atoms with Gasteiger partial charge >= 0.3 is 0 Å². The van der Waals surface area contributed by atoms with Crippen LogP contribution in [0.25, 0.3) is 0 Å². The number of carbonyl (C=O) groups excluding carboxylic acids is 1. The molecule has 0 aromatic carbocycles. The van der Waals surface area contributed by atoms with Crippen LogP contribution in [0, 0.1) is 0 Å². The average Bonchev–Trinajstić information content (AvgIpc) is 2.08. The van der Waals surface area contributed by atoms with Gasteiger partial charge in [-0.15, -0.1) is 0 Å². The summed E-state index contributed by atoms with van der Waals surface area (Å²) in [5.41, 5.74) is 4.91. The van der Waals surface area contributed by atoms with Crippen LogP contribution in [-0.4, -0.2) is 29.2 Å². The number of carbonyl (C=O) groups is 1. The van der Waals surface area contributed by atoms with E-state index in [9.17, 15) is 9.90 Å². The van der Waals surface area contributed by atoms with Crippen molar-refractivity contribution in [1.82, 2.24) is 5.32 Å². The molecule has 1 aliphatic rings. The van der Waals surface area contributed by atoms with Gasteiger partial charge in [0, 0.05) is 19.0 Å². The number of hydrogen-bond acceptors (Lipinski definition) is 3. The second-order valence-electron chi connectivity index (χ2n) is 4.37. The Bertz CT molecular complexity index is 200. The summed E-state index contributed by atoms with van der Waals surface area (Å²) < 4.78 is 0. The minimum Gasteiger partial charge on any atom is -0.388 e. The molecule has 4 N–H and O–H groups in total. The van der Waals surface area contributed by atoms with E-state index in [1.165, 1.54) is 0 Å². The molecule has 1 saturated carbocycles. The first kappa shape index (κ1) is 11.5. The molecule has 4 nitrogen and oxygen atoms in total. The smallest absolute Gasteiger partial charge is 0.220 e. The van der Waals surface area contributed by atoms with Crippen molar-refractivity contribution >= 4 is 5.91 Å². The Morgan fingerprint density at radius 2 is 2.29 bits per heavy atom. The van der Waals surface area contributed by atoms with Crippen LogP contribution in [0.4, 0.5) is 0 Å². The van der Waals surface area contributed by atoms with Crippen LogP contribution >= 0.6 is 0 Å². The van der Waals surface area contributed by atoms with E-state index in [1.807, 2.05) is 6.92 Å². The molecule has 4 heteroatoms. The van der Waals surface area contributed by atoms with E-state index in [1.54, 1.807) is 0 Å². The molecule has 1 atom stereocenters. The Kier molecular flexibility index (Phi) is 3.89. The van der Waals surface area contributed by atoms with Crippen molar-refractivity contribution in [3.8, 4) is 0 Å². The Labute approximate surface area is 84.9 Å². The lowest BCUT2D eigenvalue weighted by Gasteiger charge is -2.36. The lowest BCUT2D eigenvalue weighted by Crippen LogP contribution is -2.47. The second kappa shape index (κ2) is 4.75. The number of nitrogens with two attached hydrogens (primary N) is 1. The van der Waals surface area contributed by atoms with Gasteiger partial charge in [0.15, 0.2) is 0 Å². The topological polar surface area (TPSA) is 75.4 Å². The molecular formula is C10H20N2O2. The van der Waals surface area contributed by atoms with Crippen molar-refractivity contribution in [2.24, 2.45) is 5.73 Å². The third kappa shape index (κ3) is 3.64. The largest absolute Gasteiger partial charge is 0.388 e. The Balaban J connectivity index is 2.08. The normalized spacial score (nSPS) is 21.1. The highest BCUT2D eigenvalue weighted by Crippen LogP contribution is 2.30. The zero-order valence-corrected chi connectivity index (χ0v) is 8.75. The number of aliphatic hydroxyl groups is 1. The maximum absolute atomic E-state index is 11.3. The highest BCUT2D eigenvalue weighted by molar-refractivity contribution is 5.75.